The predicted molar refractivity (Wildman–Crippen MR) is 78.5 cm³/mol. The third kappa shape index (κ3) is 3.99. The van der Waals surface area contributed by atoms with Gasteiger partial charge in [0.05, 0.1) is 17.9 Å². The zero-order valence-electron chi connectivity index (χ0n) is 11.1. The van der Waals surface area contributed by atoms with E-state index in [1.165, 1.54) is 4.90 Å². The van der Waals surface area contributed by atoms with E-state index in [9.17, 15) is 9.59 Å². The van der Waals surface area contributed by atoms with Crippen LogP contribution in [-0.4, -0.2) is 38.4 Å². The molecule has 0 aliphatic rings. The number of aryl methyl sites for hydroxylation is 1. The summed E-state index contributed by atoms with van der Waals surface area (Å²) in [5.74, 6) is -1.50. The summed E-state index contributed by atoms with van der Waals surface area (Å²) >= 11 is 6.83. The maximum Gasteiger partial charge on any atom is 0.323 e. The molecule has 1 amide bonds. The van der Waals surface area contributed by atoms with Crippen LogP contribution in [-0.2, 0) is 11.3 Å². The van der Waals surface area contributed by atoms with Crippen LogP contribution in [0.2, 0.25) is 4.47 Å². The second-order valence-corrected chi connectivity index (χ2v) is 5.84. The van der Waals surface area contributed by atoms with Crippen LogP contribution >= 0.6 is 22.9 Å². The number of thiazole rings is 1. The highest BCUT2D eigenvalue weighted by atomic mass is 35.5. The Balaban J connectivity index is 2.25. The summed E-state index contributed by atoms with van der Waals surface area (Å²) in [6, 6.07) is 5.26. The smallest absolute Gasteiger partial charge is 0.323 e. The number of aromatic nitrogens is 2. The van der Waals surface area contributed by atoms with Crippen molar-refractivity contribution in [2.75, 3.05) is 6.54 Å². The fourth-order valence-electron chi connectivity index (χ4n) is 1.76. The largest absolute Gasteiger partial charge is 0.480 e. The maximum atomic E-state index is 12.5. The highest BCUT2D eigenvalue weighted by Crippen LogP contribution is 2.24. The van der Waals surface area contributed by atoms with E-state index in [1.54, 1.807) is 31.3 Å². The number of aliphatic carboxylic acids is 1. The van der Waals surface area contributed by atoms with Gasteiger partial charge in [0.15, 0.2) is 4.47 Å². The van der Waals surface area contributed by atoms with E-state index >= 15 is 0 Å². The molecule has 0 aliphatic heterocycles. The molecule has 0 saturated carbocycles. The van der Waals surface area contributed by atoms with Crippen LogP contribution in [0, 0.1) is 6.92 Å². The molecule has 6 nitrogen and oxygen atoms in total. The number of halogens is 1. The number of hydrogen-bond donors (Lipinski definition) is 1. The molecule has 0 fully saturated rings. The molecule has 1 N–H and O–H groups in total. The average molecular weight is 326 g/mol. The van der Waals surface area contributed by atoms with E-state index in [2.05, 4.69) is 9.97 Å². The Kier molecular flexibility index (Phi) is 4.87. The van der Waals surface area contributed by atoms with Crippen LogP contribution in [0.1, 0.15) is 21.1 Å². The normalized spacial score (nSPS) is 10.4. The molecule has 110 valence electrons. The Morgan fingerprint density at radius 2 is 2.19 bits per heavy atom. The van der Waals surface area contributed by atoms with Gasteiger partial charge in [-0.15, -0.1) is 0 Å². The summed E-state index contributed by atoms with van der Waals surface area (Å²) in [6.07, 6.45) is 1.59. The molecule has 2 heterocycles. The summed E-state index contributed by atoms with van der Waals surface area (Å²) in [7, 11) is 0. The summed E-state index contributed by atoms with van der Waals surface area (Å²) in [6.45, 7) is 1.36. The summed E-state index contributed by atoms with van der Waals surface area (Å²) < 4.78 is 0.254. The van der Waals surface area contributed by atoms with E-state index in [0.29, 0.717) is 16.3 Å². The van der Waals surface area contributed by atoms with Crippen molar-refractivity contribution >= 4 is 34.8 Å². The molecular weight excluding hydrogens is 314 g/mol. The Hall–Kier alpha value is -1.99. The molecule has 2 aromatic rings. The molecule has 2 aromatic heterocycles. The van der Waals surface area contributed by atoms with Gasteiger partial charge in [-0.25, -0.2) is 4.98 Å². The number of rotatable bonds is 5. The Morgan fingerprint density at radius 3 is 2.71 bits per heavy atom. The minimum absolute atomic E-state index is 0.112. The van der Waals surface area contributed by atoms with Gasteiger partial charge >= 0.3 is 5.97 Å². The highest BCUT2D eigenvalue weighted by molar-refractivity contribution is 7.17. The first kappa shape index (κ1) is 15.4. The second-order valence-electron chi connectivity index (χ2n) is 4.26. The topological polar surface area (TPSA) is 83.4 Å². The van der Waals surface area contributed by atoms with Crippen molar-refractivity contribution in [2.45, 2.75) is 13.5 Å². The standard InChI is InChI=1S/C13H12ClN3O3S/c1-8-11(21-13(14)16-8)12(20)17(7-10(18)19)6-9-4-2-3-5-15-9/h2-5H,6-7H2,1H3,(H,18,19). The first-order valence-corrected chi connectivity index (χ1v) is 7.20. The lowest BCUT2D eigenvalue weighted by Crippen LogP contribution is -2.35. The van der Waals surface area contributed by atoms with E-state index < -0.39 is 18.4 Å². The minimum Gasteiger partial charge on any atom is -0.480 e. The number of amides is 1. The van der Waals surface area contributed by atoms with Crippen molar-refractivity contribution in [1.82, 2.24) is 14.9 Å². The van der Waals surface area contributed by atoms with Gasteiger partial charge in [-0.1, -0.05) is 29.0 Å². The number of hydrogen-bond acceptors (Lipinski definition) is 5. The molecular formula is C13H12ClN3O3S. The lowest BCUT2D eigenvalue weighted by atomic mass is 10.3. The zero-order valence-corrected chi connectivity index (χ0v) is 12.7. The van der Waals surface area contributed by atoms with Gasteiger partial charge in [-0.2, -0.15) is 0 Å². The molecule has 0 unspecified atom stereocenters. The SMILES string of the molecule is Cc1nc(Cl)sc1C(=O)N(CC(=O)O)Cc1ccccn1. The molecule has 0 bridgehead atoms. The van der Waals surface area contributed by atoms with Crippen LogP contribution in [0.15, 0.2) is 24.4 Å². The van der Waals surface area contributed by atoms with Crippen molar-refractivity contribution in [2.24, 2.45) is 0 Å². The summed E-state index contributed by atoms with van der Waals surface area (Å²) in [5, 5.41) is 8.98. The van der Waals surface area contributed by atoms with Gasteiger partial charge in [-0.3, -0.25) is 14.6 Å². The van der Waals surface area contributed by atoms with Crippen molar-refractivity contribution in [1.29, 1.82) is 0 Å². The number of carboxylic acids is 1. The molecule has 0 radical (unpaired) electrons. The molecule has 8 heteroatoms. The molecule has 0 atom stereocenters. The Bertz CT molecular complexity index is 660. The molecule has 2 rings (SSSR count). The van der Waals surface area contributed by atoms with Crippen molar-refractivity contribution in [3.63, 3.8) is 0 Å². The predicted octanol–water partition coefficient (Wildman–Crippen LogP) is 2.23. The quantitative estimate of drug-likeness (QED) is 0.911. The van der Waals surface area contributed by atoms with Crippen molar-refractivity contribution < 1.29 is 14.7 Å². The number of nitrogens with zero attached hydrogens (tertiary/aromatic N) is 3. The minimum atomic E-state index is -1.09. The molecule has 21 heavy (non-hydrogen) atoms. The second kappa shape index (κ2) is 6.64. The van der Waals surface area contributed by atoms with E-state index in [4.69, 9.17) is 16.7 Å². The fourth-order valence-corrected chi connectivity index (χ4v) is 2.87. The van der Waals surface area contributed by atoms with Gasteiger partial charge < -0.3 is 10.0 Å². The lowest BCUT2D eigenvalue weighted by Gasteiger charge is -2.19. The molecule has 0 aromatic carbocycles. The lowest BCUT2D eigenvalue weighted by molar-refractivity contribution is -0.137. The number of carboxylic acid groups (broad SMARTS) is 1. The number of carbonyl (C=O) groups excluding carboxylic acids is 1. The summed E-state index contributed by atoms with van der Waals surface area (Å²) in [5.41, 5.74) is 1.10. The highest BCUT2D eigenvalue weighted by Gasteiger charge is 2.23. The van der Waals surface area contributed by atoms with Gasteiger partial charge in [-0.05, 0) is 19.1 Å². The number of pyridine rings is 1. The fraction of sp³-hybridized carbons (Fsp3) is 0.231. The Labute approximate surface area is 130 Å². The average Bonchev–Trinajstić information content (AvgIpc) is 2.77. The van der Waals surface area contributed by atoms with Gasteiger partial charge in [0, 0.05) is 6.20 Å². The van der Waals surface area contributed by atoms with E-state index in [1.807, 2.05) is 0 Å². The van der Waals surface area contributed by atoms with Crippen LogP contribution < -0.4 is 0 Å². The van der Waals surface area contributed by atoms with Crippen molar-refractivity contribution in [3.8, 4) is 0 Å². The molecule has 0 saturated heterocycles. The number of carbonyl (C=O) groups is 2. The monoisotopic (exact) mass is 325 g/mol. The zero-order chi connectivity index (χ0) is 15.4. The van der Waals surface area contributed by atoms with Gasteiger partial charge in [0.2, 0.25) is 0 Å². The van der Waals surface area contributed by atoms with Crippen LogP contribution in [0.3, 0.4) is 0 Å². The van der Waals surface area contributed by atoms with Crippen LogP contribution in [0.25, 0.3) is 0 Å². The third-order valence-electron chi connectivity index (χ3n) is 2.66. The van der Waals surface area contributed by atoms with Crippen LogP contribution in [0.5, 0.6) is 0 Å². The maximum absolute atomic E-state index is 12.5. The van der Waals surface area contributed by atoms with Crippen molar-refractivity contribution in [3.05, 3.63) is 45.1 Å². The van der Waals surface area contributed by atoms with E-state index in [-0.39, 0.29) is 11.0 Å². The molecule has 0 aliphatic carbocycles. The van der Waals surface area contributed by atoms with Gasteiger partial charge in [0.25, 0.3) is 5.91 Å². The van der Waals surface area contributed by atoms with E-state index in [0.717, 1.165) is 11.3 Å². The van der Waals surface area contributed by atoms with Crippen LogP contribution in [0.4, 0.5) is 0 Å². The first-order chi connectivity index (χ1) is 9.97. The van der Waals surface area contributed by atoms with Gasteiger partial charge in [0.1, 0.15) is 11.4 Å². The first-order valence-electron chi connectivity index (χ1n) is 6.01. The molecule has 0 spiro atoms. The third-order valence-corrected chi connectivity index (χ3v) is 3.91. The Morgan fingerprint density at radius 1 is 1.43 bits per heavy atom. The summed E-state index contributed by atoms with van der Waals surface area (Å²) in [4.78, 5) is 33.1.